The van der Waals surface area contributed by atoms with Gasteiger partial charge in [-0.1, -0.05) is 0 Å². The lowest BCUT2D eigenvalue weighted by Crippen LogP contribution is -2.24. The largest absolute Gasteiger partial charge is 0.301 e. The number of hydrogen-bond acceptors (Lipinski definition) is 5. The second-order valence-electron chi connectivity index (χ2n) is 4.82. The molecule has 0 atom stereocenters. The third-order valence-electron chi connectivity index (χ3n) is 3.16. The van der Waals surface area contributed by atoms with Crippen LogP contribution in [0.3, 0.4) is 0 Å². The predicted molar refractivity (Wildman–Crippen MR) is 80.2 cm³/mol. The SMILES string of the molecule is Cc1cc(C(=O)Cn2cc([N+](=O)[O-])c(C)cc2=O)c(C)s1. The average Bonchev–Trinajstić information content (AvgIpc) is 2.71. The van der Waals surface area contributed by atoms with Crippen molar-refractivity contribution in [2.45, 2.75) is 27.3 Å². The number of aryl methyl sites for hydroxylation is 3. The van der Waals surface area contributed by atoms with E-state index in [1.54, 1.807) is 6.07 Å². The summed E-state index contributed by atoms with van der Waals surface area (Å²) in [5, 5.41) is 10.9. The number of aromatic nitrogens is 1. The number of Topliss-reactive ketones (excluding diaryl/α,β-unsaturated/α-hetero) is 1. The van der Waals surface area contributed by atoms with E-state index < -0.39 is 10.5 Å². The Morgan fingerprint density at radius 1 is 1.33 bits per heavy atom. The molecular weight excluding hydrogens is 292 g/mol. The summed E-state index contributed by atoms with van der Waals surface area (Å²) in [4.78, 5) is 36.3. The molecule has 0 unspecified atom stereocenters. The molecule has 0 N–H and O–H groups in total. The van der Waals surface area contributed by atoms with E-state index >= 15 is 0 Å². The second kappa shape index (κ2) is 5.61. The molecule has 0 radical (unpaired) electrons. The van der Waals surface area contributed by atoms with E-state index in [9.17, 15) is 19.7 Å². The van der Waals surface area contributed by atoms with Gasteiger partial charge in [-0.15, -0.1) is 11.3 Å². The molecule has 0 aromatic carbocycles. The fraction of sp³-hybridized carbons (Fsp3) is 0.286. The van der Waals surface area contributed by atoms with Crippen LogP contribution in [0.1, 0.15) is 25.7 Å². The van der Waals surface area contributed by atoms with Crippen molar-refractivity contribution in [2.75, 3.05) is 0 Å². The molecule has 2 aromatic rings. The Morgan fingerprint density at radius 2 is 2.00 bits per heavy atom. The first-order valence-electron chi connectivity index (χ1n) is 6.25. The Labute approximate surface area is 124 Å². The fourth-order valence-corrected chi connectivity index (χ4v) is 3.06. The molecule has 21 heavy (non-hydrogen) atoms. The summed E-state index contributed by atoms with van der Waals surface area (Å²) in [6, 6.07) is 2.95. The number of ketones is 1. The van der Waals surface area contributed by atoms with Crippen molar-refractivity contribution in [3.63, 3.8) is 0 Å². The van der Waals surface area contributed by atoms with Crippen molar-refractivity contribution in [3.05, 3.63) is 59.7 Å². The molecule has 2 aromatic heterocycles. The molecular formula is C14H14N2O4S. The van der Waals surface area contributed by atoms with Crippen LogP contribution < -0.4 is 5.56 Å². The van der Waals surface area contributed by atoms with E-state index in [0.29, 0.717) is 5.56 Å². The van der Waals surface area contributed by atoms with Crippen LogP contribution in [-0.2, 0) is 6.54 Å². The zero-order valence-electron chi connectivity index (χ0n) is 11.9. The lowest BCUT2D eigenvalue weighted by molar-refractivity contribution is -0.385. The normalized spacial score (nSPS) is 10.6. The third-order valence-corrected chi connectivity index (χ3v) is 4.12. The van der Waals surface area contributed by atoms with Crippen molar-refractivity contribution in [2.24, 2.45) is 0 Å². The van der Waals surface area contributed by atoms with Crippen LogP contribution in [0.15, 0.2) is 23.1 Å². The molecule has 0 amide bonds. The Morgan fingerprint density at radius 3 is 2.52 bits per heavy atom. The van der Waals surface area contributed by atoms with Gasteiger partial charge in [0, 0.05) is 26.9 Å². The average molecular weight is 306 g/mol. The summed E-state index contributed by atoms with van der Waals surface area (Å²) in [5.74, 6) is -0.225. The highest BCUT2D eigenvalue weighted by atomic mass is 32.1. The molecule has 0 saturated heterocycles. The number of rotatable bonds is 4. The number of pyridine rings is 1. The molecule has 0 aliphatic carbocycles. The maximum atomic E-state index is 12.2. The van der Waals surface area contributed by atoms with Gasteiger partial charge in [0.1, 0.15) is 0 Å². The predicted octanol–water partition coefficient (Wildman–Crippen LogP) is 2.63. The summed E-state index contributed by atoms with van der Waals surface area (Å²) < 4.78 is 1.08. The van der Waals surface area contributed by atoms with Crippen LogP contribution in [-0.4, -0.2) is 15.3 Å². The highest BCUT2D eigenvalue weighted by Gasteiger charge is 2.17. The van der Waals surface area contributed by atoms with Crippen molar-refractivity contribution in [1.29, 1.82) is 0 Å². The Hall–Kier alpha value is -2.28. The zero-order chi connectivity index (χ0) is 15.7. The van der Waals surface area contributed by atoms with E-state index in [2.05, 4.69) is 0 Å². The third kappa shape index (κ3) is 3.08. The Bertz CT molecular complexity index is 789. The molecule has 0 aliphatic heterocycles. The van der Waals surface area contributed by atoms with Gasteiger partial charge >= 0.3 is 0 Å². The number of carbonyl (C=O) groups is 1. The summed E-state index contributed by atoms with van der Waals surface area (Å²) >= 11 is 1.51. The molecule has 110 valence electrons. The molecule has 7 heteroatoms. The van der Waals surface area contributed by atoms with Crippen LogP contribution in [0, 0.1) is 30.9 Å². The van der Waals surface area contributed by atoms with E-state index in [1.807, 2.05) is 13.8 Å². The minimum Gasteiger partial charge on any atom is -0.301 e. The van der Waals surface area contributed by atoms with Crippen LogP contribution in [0.4, 0.5) is 5.69 Å². The first kappa shape index (κ1) is 15.1. The number of hydrogen-bond donors (Lipinski definition) is 0. The number of nitrogens with zero attached hydrogens (tertiary/aromatic N) is 2. The monoisotopic (exact) mass is 306 g/mol. The molecule has 6 nitrogen and oxygen atoms in total. The lowest BCUT2D eigenvalue weighted by atomic mass is 10.1. The van der Waals surface area contributed by atoms with Crippen molar-refractivity contribution >= 4 is 22.8 Å². The maximum Gasteiger partial charge on any atom is 0.288 e. The molecule has 0 saturated carbocycles. The fourth-order valence-electron chi connectivity index (χ4n) is 2.12. The minimum absolute atomic E-state index is 0.166. The summed E-state index contributed by atoms with van der Waals surface area (Å²) in [6.07, 6.45) is 1.13. The molecule has 0 spiro atoms. The summed E-state index contributed by atoms with van der Waals surface area (Å²) in [7, 11) is 0. The second-order valence-corrected chi connectivity index (χ2v) is 6.28. The van der Waals surface area contributed by atoms with Crippen LogP contribution >= 0.6 is 11.3 Å². The molecule has 0 bridgehead atoms. The molecule has 0 fully saturated rings. The maximum absolute atomic E-state index is 12.2. The van der Waals surface area contributed by atoms with Gasteiger partial charge < -0.3 is 4.57 Å². The Balaban J connectivity index is 2.38. The van der Waals surface area contributed by atoms with E-state index in [4.69, 9.17) is 0 Å². The van der Waals surface area contributed by atoms with Gasteiger partial charge in [0.2, 0.25) is 0 Å². The van der Waals surface area contributed by atoms with Crippen LogP contribution in [0.2, 0.25) is 0 Å². The Kier molecular flexibility index (Phi) is 4.04. The number of carbonyl (C=O) groups excluding carboxylic acids is 1. The zero-order valence-corrected chi connectivity index (χ0v) is 12.7. The van der Waals surface area contributed by atoms with Crippen molar-refractivity contribution < 1.29 is 9.72 Å². The summed E-state index contributed by atoms with van der Waals surface area (Å²) in [6.45, 7) is 5.04. The number of nitro groups is 1. The molecule has 2 heterocycles. The van der Waals surface area contributed by atoms with E-state index in [1.165, 1.54) is 24.3 Å². The van der Waals surface area contributed by atoms with Gasteiger partial charge in [-0.05, 0) is 26.8 Å². The van der Waals surface area contributed by atoms with Gasteiger partial charge in [0.05, 0.1) is 17.7 Å². The first-order valence-corrected chi connectivity index (χ1v) is 7.07. The van der Waals surface area contributed by atoms with E-state index in [0.717, 1.165) is 20.5 Å². The highest BCUT2D eigenvalue weighted by molar-refractivity contribution is 7.12. The van der Waals surface area contributed by atoms with Gasteiger partial charge in [-0.2, -0.15) is 0 Å². The highest BCUT2D eigenvalue weighted by Crippen LogP contribution is 2.21. The standard InChI is InChI=1S/C14H14N2O4S/c1-8-4-14(18)15(6-12(8)16(19)20)7-13(17)11-5-9(2)21-10(11)3/h4-6H,7H2,1-3H3. The van der Waals surface area contributed by atoms with Crippen LogP contribution in [0.5, 0.6) is 0 Å². The first-order chi connectivity index (χ1) is 9.79. The van der Waals surface area contributed by atoms with Gasteiger partial charge in [-0.3, -0.25) is 19.7 Å². The van der Waals surface area contributed by atoms with Crippen molar-refractivity contribution in [1.82, 2.24) is 4.57 Å². The van der Waals surface area contributed by atoms with Gasteiger partial charge in [0.25, 0.3) is 11.2 Å². The smallest absolute Gasteiger partial charge is 0.288 e. The van der Waals surface area contributed by atoms with Gasteiger partial charge in [-0.25, -0.2) is 0 Å². The topological polar surface area (TPSA) is 82.2 Å². The van der Waals surface area contributed by atoms with E-state index in [-0.39, 0.29) is 23.6 Å². The van der Waals surface area contributed by atoms with Crippen LogP contribution in [0.25, 0.3) is 0 Å². The summed E-state index contributed by atoms with van der Waals surface area (Å²) in [5.41, 5.74) is 0.264. The quantitative estimate of drug-likeness (QED) is 0.494. The lowest BCUT2D eigenvalue weighted by Gasteiger charge is -2.06. The number of thiophene rings is 1. The molecule has 2 rings (SSSR count). The minimum atomic E-state index is -0.560. The van der Waals surface area contributed by atoms with Crippen molar-refractivity contribution in [3.8, 4) is 0 Å². The molecule has 0 aliphatic rings. The van der Waals surface area contributed by atoms with Gasteiger partial charge in [0.15, 0.2) is 5.78 Å².